The normalized spacial score (nSPS) is 16.5. The lowest BCUT2D eigenvalue weighted by molar-refractivity contribution is -0.258. The molecular formula is C17H17F8N3O. The van der Waals surface area contributed by atoms with Crippen LogP contribution in [-0.4, -0.2) is 38.1 Å². The minimum atomic E-state index is -5.84. The summed E-state index contributed by atoms with van der Waals surface area (Å²) in [7, 11) is 0. The van der Waals surface area contributed by atoms with Crippen LogP contribution in [0.25, 0.3) is 0 Å². The summed E-state index contributed by atoms with van der Waals surface area (Å²) in [6.45, 7) is 1.12. The summed E-state index contributed by atoms with van der Waals surface area (Å²) in [4.78, 5) is 3.58. The van der Waals surface area contributed by atoms with Crippen LogP contribution in [0.5, 0.6) is 0 Å². The maximum atomic E-state index is 14.4. The number of hydrogen-bond acceptors (Lipinski definition) is 3. The van der Waals surface area contributed by atoms with Crippen LogP contribution in [0.1, 0.15) is 25.8 Å². The molecule has 0 radical (unpaired) electrons. The van der Waals surface area contributed by atoms with Gasteiger partial charge in [-0.2, -0.15) is 18.3 Å². The van der Waals surface area contributed by atoms with Crippen LogP contribution >= 0.6 is 0 Å². The second-order valence-corrected chi connectivity index (χ2v) is 7.30. The van der Waals surface area contributed by atoms with Gasteiger partial charge in [0.1, 0.15) is 29.9 Å². The molecule has 0 aliphatic carbocycles. The number of aromatic nitrogens is 3. The molecule has 1 aromatic carbocycles. The van der Waals surface area contributed by atoms with Gasteiger partial charge in [0.15, 0.2) is 0 Å². The summed E-state index contributed by atoms with van der Waals surface area (Å²) in [5.41, 5.74) is -5.54. The average Bonchev–Trinajstić information content (AvgIpc) is 3.04. The van der Waals surface area contributed by atoms with Gasteiger partial charge < -0.3 is 5.11 Å². The summed E-state index contributed by atoms with van der Waals surface area (Å²) >= 11 is 0. The van der Waals surface area contributed by atoms with E-state index >= 15 is 0 Å². The molecule has 2 rings (SSSR count). The Bertz CT molecular complexity index is 838. The van der Waals surface area contributed by atoms with E-state index in [1.165, 1.54) is 0 Å². The molecule has 0 fully saturated rings. The quantitative estimate of drug-likeness (QED) is 0.662. The summed E-state index contributed by atoms with van der Waals surface area (Å²) < 4.78 is 108. The zero-order valence-electron chi connectivity index (χ0n) is 15.2. The lowest BCUT2D eigenvalue weighted by atomic mass is 9.67. The Morgan fingerprint density at radius 2 is 1.72 bits per heavy atom. The van der Waals surface area contributed by atoms with Crippen LogP contribution < -0.4 is 0 Å². The minimum Gasteiger partial charge on any atom is -0.383 e. The summed E-state index contributed by atoms with van der Waals surface area (Å²) in [6, 6.07) is 1.90. The largest absolute Gasteiger partial charge is 0.425 e. The Hall–Kier alpha value is -2.24. The minimum absolute atomic E-state index is 0.379. The van der Waals surface area contributed by atoms with Crippen LogP contribution in [0.2, 0.25) is 0 Å². The van der Waals surface area contributed by atoms with Crippen LogP contribution in [-0.2, 0) is 12.1 Å². The lowest BCUT2D eigenvalue weighted by Crippen LogP contribution is -2.52. The predicted octanol–water partition coefficient (Wildman–Crippen LogP) is 4.40. The molecule has 2 atom stereocenters. The molecule has 0 aliphatic heterocycles. The number of hydrogen-bond donors (Lipinski definition) is 1. The van der Waals surface area contributed by atoms with Crippen LogP contribution in [0.3, 0.4) is 0 Å². The third kappa shape index (κ3) is 4.68. The van der Waals surface area contributed by atoms with E-state index in [2.05, 4.69) is 10.1 Å². The van der Waals surface area contributed by atoms with Crippen LogP contribution in [0.4, 0.5) is 35.1 Å². The molecule has 1 heterocycles. The van der Waals surface area contributed by atoms with Crippen LogP contribution in [0.15, 0.2) is 30.9 Å². The molecule has 4 nitrogen and oxygen atoms in total. The first-order valence-electron chi connectivity index (χ1n) is 8.19. The van der Waals surface area contributed by atoms with E-state index in [4.69, 9.17) is 0 Å². The Labute approximate surface area is 160 Å². The van der Waals surface area contributed by atoms with Crippen LogP contribution in [0, 0.1) is 17.0 Å². The monoisotopic (exact) mass is 431 g/mol. The van der Waals surface area contributed by atoms with E-state index in [-0.39, 0.29) is 0 Å². The van der Waals surface area contributed by atoms with E-state index in [9.17, 15) is 40.2 Å². The van der Waals surface area contributed by atoms with Crippen molar-refractivity contribution in [2.24, 2.45) is 5.41 Å². The molecule has 0 spiro atoms. The number of alkyl halides is 6. The lowest BCUT2D eigenvalue weighted by Gasteiger charge is -2.45. The fourth-order valence-electron chi connectivity index (χ4n) is 3.10. The second kappa shape index (κ2) is 7.54. The molecule has 1 aromatic heterocycles. The first-order valence-corrected chi connectivity index (χ1v) is 8.19. The highest BCUT2D eigenvalue weighted by Crippen LogP contribution is 2.50. The standard InChI is InChI=1S/C17H17F8N3O/c1-14(2,6-16(21,22)13(20)17(23,24)25)15(29,7-28-9-26-8-27-28)11-4-3-10(18)5-12(11)19/h3-5,8-9,13,29H,6-7H2,1-2H3. The number of rotatable bonds is 7. The predicted molar refractivity (Wildman–Crippen MR) is 84.6 cm³/mol. The van der Waals surface area contributed by atoms with Crippen molar-refractivity contribution in [3.63, 3.8) is 0 Å². The zero-order chi connectivity index (χ0) is 22.3. The molecule has 0 saturated carbocycles. The van der Waals surface area contributed by atoms with Gasteiger partial charge in [0.25, 0.3) is 12.1 Å². The molecule has 2 unspecified atom stereocenters. The molecule has 29 heavy (non-hydrogen) atoms. The number of halogens is 8. The Morgan fingerprint density at radius 1 is 1.10 bits per heavy atom. The van der Waals surface area contributed by atoms with Crippen molar-refractivity contribution in [1.29, 1.82) is 0 Å². The van der Waals surface area contributed by atoms with Crippen molar-refractivity contribution >= 4 is 0 Å². The zero-order valence-corrected chi connectivity index (χ0v) is 15.2. The Morgan fingerprint density at radius 3 is 2.21 bits per heavy atom. The topological polar surface area (TPSA) is 50.9 Å². The molecule has 0 saturated heterocycles. The SMILES string of the molecule is CC(C)(CC(F)(F)C(F)C(F)(F)F)C(O)(Cn1cncn1)c1ccc(F)cc1F. The van der Waals surface area contributed by atoms with Crippen molar-refractivity contribution in [2.45, 2.75) is 50.7 Å². The molecule has 12 heteroatoms. The first-order chi connectivity index (χ1) is 13.1. The maximum Gasteiger partial charge on any atom is 0.425 e. The Kier molecular flexibility index (Phi) is 5.99. The number of nitrogens with zero attached hydrogens (tertiary/aromatic N) is 3. The van der Waals surface area contributed by atoms with Crippen molar-refractivity contribution in [3.05, 3.63) is 48.1 Å². The smallest absolute Gasteiger partial charge is 0.383 e. The summed E-state index contributed by atoms with van der Waals surface area (Å²) in [5, 5.41) is 14.9. The second-order valence-electron chi connectivity index (χ2n) is 7.30. The van der Waals surface area contributed by atoms with Gasteiger partial charge in [-0.05, 0) is 6.07 Å². The maximum absolute atomic E-state index is 14.4. The van der Waals surface area contributed by atoms with E-state index in [0.29, 0.717) is 6.07 Å². The van der Waals surface area contributed by atoms with Gasteiger partial charge in [-0.25, -0.2) is 31.6 Å². The van der Waals surface area contributed by atoms with Crippen molar-refractivity contribution in [2.75, 3.05) is 0 Å². The van der Waals surface area contributed by atoms with Gasteiger partial charge in [0.05, 0.1) is 6.54 Å². The molecule has 0 amide bonds. The van der Waals surface area contributed by atoms with E-state index in [1.54, 1.807) is 0 Å². The van der Waals surface area contributed by atoms with E-state index < -0.39 is 59.5 Å². The third-order valence-corrected chi connectivity index (χ3v) is 4.69. The molecule has 2 aromatic rings. The van der Waals surface area contributed by atoms with Crippen molar-refractivity contribution in [1.82, 2.24) is 14.8 Å². The van der Waals surface area contributed by atoms with Gasteiger partial charge >= 0.3 is 6.18 Å². The first kappa shape index (κ1) is 23.0. The van der Waals surface area contributed by atoms with Crippen molar-refractivity contribution < 1.29 is 40.2 Å². The van der Waals surface area contributed by atoms with Gasteiger partial charge in [-0.3, -0.25) is 0 Å². The molecular weight excluding hydrogens is 414 g/mol. The van der Waals surface area contributed by atoms with Gasteiger partial charge in [0, 0.05) is 23.5 Å². The van der Waals surface area contributed by atoms with Gasteiger partial charge in [-0.15, -0.1) is 0 Å². The fourth-order valence-corrected chi connectivity index (χ4v) is 3.10. The average molecular weight is 431 g/mol. The highest BCUT2D eigenvalue weighted by Gasteiger charge is 2.61. The molecule has 0 aliphatic rings. The highest BCUT2D eigenvalue weighted by atomic mass is 19.4. The molecule has 0 bridgehead atoms. The van der Waals surface area contributed by atoms with Gasteiger partial charge in [-0.1, -0.05) is 19.9 Å². The van der Waals surface area contributed by atoms with E-state index in [1.807, 2.05) is 0 Å². The number of aliphatic hydroxyl groups is 1. The highest BCUT2D eigenvalue weighted by molar-refractivity contribution is 5.28. The van der Waals surface area contributed by atoms with E-state index in [0.717, 1.165) is 43.3 Å². The Balaban J connectivity index is 2.54. The molecule has 162 valence electrons. The summed E-state index contributed by atoms with van der Waals surface area (Å²) in [6.07, 6.45) is -10.1. The molecule has 1 N–H and O–H groups in total. The van der Waals surface area contributed by atoms with Gasteiger partial charge in [0.2, 0.25) is 0 Å². The summed E-state index contributed by atoms with van der Waals surface area (Å²) in [5.74, 6) is -7.29. The third-order valence-electron chi connectivity index (χ3n) is 4.69. The van der Waals surface area contributed by atoms with Crippen molar-refractivity contribution in [3.8, 4) is 0 Å². The number of benzene rings is 1. The fraction of sp³-hybridized carbons (Fsp3) is 0.529.